The van der Waals surface area contributed by atoms with Gasteiger partial charge in [-0.05, 0) is 43.3 Å². The van der Waals surface area contributed by atoms with Crippen LogP contribution in [0.2, 0.25) is 0 Å². The Morgan fingerprint density at radius 1 is 1.11 bits per heavy atom. The van der Waals surface area contributed by atoms with Gasteiger partial charge in [0.25, 0.3) is 0 Å². The molecule has 0 spiro atoms. The van der Waals surface area contributed by atoms with Crippen LogP contribution in [-0.2, 0) is 20.7 Å². The average Bonchev–Trinajstić information content (AvgIpc) is 3.09. The van der Waals surface area contributed by atoms with Crippen molar-refractivity contribution >= 4 is 44.9 Å². The molecular weight excluding hydrogens is 376 g/mol. The lowest BCUT2D eigenvalue weighted by atomic mass is 10.1. The molecule has 0 unspecified atom stereocenters. The van der Waals surface area contributed by atoms with Crippen LogP contribution in [0.1, 0.15) is 35.6 Å². The van der Waals surface area contributed by atoms with Gasteiger partial charge in [-0.3, -0.25) is 14.4 Å². The number of nitrogens with zero attached hydrogens (tertiary/aromatic N) is 1. The molecule has 0 fully saturated rings. The Hall–Kier alpha value is -3.06. The van der Waals surface area contributed by atoms with Crippen molar-refractivity contribution in [2.24, 2.45) is 0 Å². The van der Waals surface area contributed by atoms with Crippen LogP contribution in [0.4, 0.5) is 5.69 Å². The number of ketones is 1. The maximum absolute atomic E-state index is 12.4. The second-order valence-electron chi connectivity index (χ2n) is 6.33. The van der Waals surface area contributed by atoms with Crippen LogP contribution in [-0.4, -0.2) is 28.7 Å². The zero-order valence-corrected chi connectivity index (χ0v) is 16.4. The predicted molar refractivity (Wildman–Crippen MR) is 109 cm³/mol. The van der Waals surface area contributed by atoms with Gasteiger partial charge in [-0.25, -0.2) is 4.98 Å². The number of nitrogens with one attached hydrogen (secondary N) is 1. The number of hydrogen-bond acceptors (Lipinski definition) is 6. The number of aromatic nitrogens is 1. The van der Waals surface area contributed by atoms with Crippen LogP contribution < -0.4 is 5.32 Å². The predicted octanol–water partition coefficient (Wildman–Crippen LogP) is 4.00. The number of Topliss-reactive ketones (excluding diaryl/α,β-unsaturated/α-hetero) is 1. The first-order chi connectivity index (χ1) is 13.4. The molecule has 7 heteroatoms. The zero-order valence-electron chi connectivity index (χ0n) is 15.6. The molecule has 0 radical (unpaired) electrons. The number of anilines is 1. The third-order valence-electron chi connectivity index (χ3n) is 4.05. The fourth-order valence-corrected chi connectivity index (χ4v) is 3.67. The summed E-state index contributed by atoms with van der Waals surface area (Å²) in [6, 6.07) is 14.3. The first-order valence-electron chi connectivity index (χ1n) is 8.88. The van der Waals surface area contributed by atoms with Gasteiger partial charge < -0.3 is 10.1 Å². The van der Waals surface area contributed by atoms with E-state index in [1.54, 1.807) is 42.5 Å². The number of amides is 1. The summed E-state index contributed by atoms with van der Waals surface area (Å²) in [6.07, 6.45) is -0.238. The topological polar surface area (TPSA) is 85.4 Å². The minimum absolute atomic E-state index is 0.166. The van der Waals surface area contributed by atoms with Crippen LogP contribution in [0.3, 0.4) is 0 Å². The molecule has 1 aromatic heterocycles. The number of para-hydroxylation sites is 1. The second-order valence-corrected chi connectivity index (χ2v) is 7.45. The van der Waals surface area contributed by atoms with Gasteiger partial charge in [-0.2, -0.15) is 0 Å². The number of rotatable bonds is 7. The Kier molecular flexibility index (Phi) is 6.16. The largest absolute Gasteiger partial charge is 0.454 e. The van der Waals surface area contributed by atoms with Crippen molar-refractivity contribution in [2.75, 3.05) is 5.32 Å². The van der Waals surface area contributed by atoms with Gasteiger partial charge in [-0.15, -0.1) is 11.3 Å². The van der Waals surface area contributed by atoms with Crippen LogP contribution in [0.15, 0.2) is 48.5 Å². The fraction of sp³-hybridized carbons (Fsp3) is 0.238. The molecule has 144 valence electrons. The number of hydrogen-bond donors (Lipinski definition) is 1. The van der Waals surface area contributed by atoms with Gasteiger partial charge in [0.15, 0.2) is 6.10 Å². The molecule has 1 N–H and O–H groups in total. The molecule has 3 aromatic rings. The molecule has 0 aliphatic carbocycles. The van der Waals surface area contributed by atoms with Gasteiger partial charge in [0.2, 0.25) is 11.7 Å². The maximum atomic E-state index is 12.4. The van der Waals surface area contributed by atoms with Gasteiger partial charge in [0.1, 0.15) is 0 Å². The molecular formula is C21H20N2O4S. The Balaban J connectivity index is 1.52. The summed E-state index contributed by atoms with van der Waals surface area (Å²) in [6.45, 7) is 2.97. The van der Waals surface area contributed by atoms with Crippen LogP contribution >= 0.6 is 11.3 Å². The van der Waals surface area contributed by atoms with Gasteiger partial charge in [-0.1, -0.05) is 12.1 Å². The van der Waals surface area contributed by atoms with E-state index in [2.05, 4.69) is 10.3 Å². The van der Waals surface area contributed by atoms with Gasteiger partial charge in [0.05, 0.1) is 21.6 Å². The Morgan fingerprint density at radius 3 is 2.50 bits per heavy atom. The standard InChI is InChI=1S/C21H20N2O4S/c1-13(21(26)15-7-9-16(10-8-15)22-14(2)24)27-20(25)12-11-19-23-17-5-3-4-6-18(17)28-19/h3-10,13H,11-12H2,1-2H3,(H,22,24)/t13-/m0/s1. The van der Waals surface area contributed by atoms with Crippen molar-refractivity contribution in [1.82, 2.24) is 4.98 Å². The van der Waals surface area contributed by atoms with Crippen LogP contribution in [0, 0.1) is 0 Å². The lowest BCUT2D eigenvalue weighted by molar-refractivity contribution is -0.146. The van der Waals surface area contributed by atoms with E-state index in [0.717, 1.165) is 15.2 Å². The summed E-state index contributed by atoms with van der Waals surface area (Å²) in [5, 5.41) is 3.50. The SMILES string of the molecule is CC(=O)Nc1ccc(C(=O)[C@H](C)OC(=O)CCc2nc3ccccc3s2)cc1. The first kappa shape index (κ1) is 19.7. The summed E-state index contributed by atoms with van der Waals surface area (Å²) in [7, 11) is 0. The smallest absolute Gasteiger partial charge is 0.306 e. The summed E-state index contributed by atoms with van der Waals surface area (Å²) in [5.41, 5.74) is 1.94. The molecule has 0 saturated carbocycles. The minimum Gasteiger partial charge on any atom is -0.454 e. The van der Waals surface area contributed by atoms with E-state index in [1.807, 2.05) is 24.3 Å². The quantitative estimate of drug-likeness (QED) is 0.482. The van der Waals surface area contributed by atoms with E-state index in [1.165, 1.54) is 6.92 Å². The van der Waals surface area contributed by atoms with Gasteiger partial charge >= 0.3 is 5.97 Å². The number of aryl methyl sites for hydroxylation is 1. The van der Waals surface area contributed by atoms with Crippen molar-refractivity contribution in [1.29, 1.82) is 0 Å². The number of esters is 1. The minimum atomic E-state index is -0.880. The van der Waals surface area contributed by atoms with Crippen molar-refractivity contribution in [3.63, 3.8) is 0 Å². The third kappa shape index (κ3) is 5.01. The number of carbonyl (C=O) groups is 3. The molecule has 2 aromatic carbocycles. The number of benzene rings is 2. The molecule has 1 amide bonds. The fourth-order valence-electron chi connectivity index (χ4n) is 2.70. The monoisotopic (exact) mass is 396 g/mol. The highest BCUT2D eigenvalue weighted by atomic mass is 32.1. The van der Waals surface area contributed by atoms with E-state index in [4.69, 9.17) is 4.74 Å². The van der Waals surface area contributed by atoms with E-state index in [-0.39, 0.29) is 18.1 Å². The molecule has 0 aliphatic rings. The third-order valence-corrected chi connectivity index (χ3v) is 5.14. The molecule has 1 atom stereocenters. The van der Waals surface area contributed by atoms with E-state index >= 15 is 0 Å². The van der Waals surface area contributed by atoms with Crippen molar-refractivity contribution in [3.05, 3.63) is 59.1 Å². The number of thiazole rings is 1. The van der Waals surface area contributed by atoms with Crippen molar-refractivity contribution in [3.8, 4) is 0 Å². The van der Waals surface area contributed by atoms with Crippen LogP contribution in [0.5, 0.6) is 0 Å². The molecule has 0 bridgehead atoms. The summed E-state index contributed by atoms with van der Waals surface area (Å²) >= 11 is 1.55. The molecule has 1 heterocycles. The lowest BCUT2D eigenvalue weighted by Crippen LogP contribution is -2.24. The second kappa shape index (κ2) is 8.75. The van der Waals surface area contributed by atoms with Crippen LogP contribution in [0.25, 0.3) is 10.2 Å². The Bertz CT molecular complexity index is 978. The Morgan fingerprint density at radius 2 is 1.82 bits per heavy atom. The first-order valence-corrected chi connectivity index (χ1v) is 9.70. The molecule has 6 nitrogen and oxygen atoms in total. The zero-order chi connectivity index (χ0) is 20.1. The van der Waals surface area contributed by atoms with E-state index in [0.29, 0.717) is 17.7 Å². The summed E-state index contributed by atoms with van der Waals surface area (Å²) in [4.78, 5) is 40.1. The maximum Gasteiger partial charge on any atom is 0.306 e. The number of ether oxygens (including phenoxy) is 1. The lowest BCUT2D eigenvalue weighted by Gasteiger charge is -2.12. The molecule has 0 aliphatic heterocycles. The molecule has 28 heavy (non-hydrogen) atoms. The van der Waals surface area contributed by atoms with Crippen molar-refractivity contribution < 1.29 is 19.1 Å². The number of fused-ring (bicyclic) bond motifs is 1. The summed E-state index contributed by atoms with van der Waals surface area (Å²) < 4.78 is 6.36. The molecule has 0 saturated heterocycles. The molecule has 3 rings (SSSR count). The highest BCUT2D eigenvalue weighted by Crippen LogP contribution is 2.22. The van der Waals surface area contributed by atoms with Crippen molar-refractivity contribution in [2.45, 2.75) is 32.8 Å². The Labute approximate surface area is 166 Å². The average molecular weight is 396 g/mol. The van der Waals surface area contributed by atoms with E-state index < -0.39 is 12.1 Å². The normalized spacial score (nSPS) is 11.8. The number of carbonyl (C=O) groups excluding carboxylic acids is 3. The van der Waals surface area contributed by atoms with Gasteiger partial charge in [0, 0.05) is 24.6 Å². The highest BCUT2D eigenvalue weighted by Gasteiger charge is 2.20. The highest BCUT2D eigenvalue weighted by molar-refractivity contribution is 7.18. The summed E-state index contributed by atoms with van der Waals surface area (Å²) in [5.74, 6) is -0.910. The van der Waals surface area contributed by atoms with E-state index in [9.17, 15) is 14.4 Å².